The van der Waals surface area contributed by atoms with Crippen LogP contribution in [0.15, 0.2) is 46.6 Å². The Morgan fingerprint density at radius 2 is 1.79 bits per heavy atom. The van der Waals surface area contributed by atoms with E-state index in [-0.39, 0.29) is 11.3 Å². The molecule has 1 atom stereocenters. The van der Waals surface area contributed by atoms with Gasteiger partial charge in [0.15, 0.2) is 11.5 Å². The number of aliphatic hydroxyl groups excluding tert-OH is 1. The molecule has 3 aliphatic heterocycles. The lowest BCUT2D eigenvalue weighted by atomic mass is 9.99. The van der Waals surface area contributed by atoms with Crippen LogP contribution < -0.4 is 9.47 Å². The topological polar surface area (TPSA) is 102 Å². The fourth-order valence-electron chi connectivity index (χ4n) is 4.49. The van der Waals surface area contributed by atoms with E-state index in [4.69, 9.17) is 18.6 Å². The normalized spacial score (nSPS) is 22.7. The van der Waals surface area contributed by atoms with Crippen molar-refractivity contribution >= 4 is 17.4 Å². The van der Waals surface area contributed by atoms with Crippen LogP contribution in [-0.4, -0.2) is 79.2 Å². The number of carbonyl (C=O) groups excluding carboxylic acids is 2. The van der Waals surface area contributed by atoms with E-state index in [1.54, 1.807) is 30.3 Å². The van der Waals surface area contributed by atoms with Crippen LogP contribution in [0, 0.1) is 0 Å². The molecule has 1 amide bonds. The SMILES string of the molecule is O=C1C(=O)N(CCCN2CCOCC2)[C@H](c2ccco2)/C1=C(\O)c1ccc2c(c1)OCCO2. The summed E-state index contributed by atoms with van der Waals surface area (Å²) < 4.78 is 22.1. The minimum absolute atomic E-state index is 0.0120. The first-order valence-electron chi connectivity index (χ1n) is 11.2. The highest BCUT2D eigenvalue weighted by Gasteiger charge is 2.47. The van der Waals surface area contributed by atoms with E-state index in [0.29, 0.717) is 62.2 Å². The molecule has 0 bridgehead atoms. The summed E-state index contributed by atoms with van der Waals surface area (Å²) in [5.74, 6) is -0.141. The molecule has 2 aromatic rings. The number of rotatable bonds is 6. The van der Waals surface area contributed by atoms with Crippen molar-refractivity contribution in [1.82, 2.24) is 9.80 Å². The minimum atomic E-state index is -0.794. The largest absolute Gasteiger partial charge is 0.507 e. The number of aliphatic hydroxyl groups is 1. The molecule has 33 heavy (non-hydrogen) atoms. The van der Waals surface area contributed by atoms with E-state index >= 15 is 0 Å². The highest BCUT2D eigenvalue weighted by Crippen LogP contribution is 2.41. The number of ketones is 1. The summed E-state index contributed by atoms with van der Waals surface area (Å²) in [6, 6.07) is 7.57. The zero-order valence-corrected chi connectivity index (χ0v) is 18.2. The number of Topliss-reactive ketones (excluding diaryl/α,β-unsaturated/α-hetero) is 1. The molecule has 174 valence electrons. The van der Waals surface area contributed by atoms with Crippen molar-refractivity contribution in [2.45, 2.75) is 12.5 Å². The molecule has 1 N–H and O–H groups in total. The number of nitrogens with zero attached hydrogens (tertiary/aromatic N) is 2. The zero-order valence-electron chi connectivity index (χ0n) is 18.2. The average Bonchev–Trinajstić information content (AvgIpc) is 3.47. The third-order valence-corrected chi connectivity index (χ3v) is 6.15. The molecule has 0 aliphatic carbocycles. The van der Waals surface area contributed by atoms with Gasteiger partial charge >= 0.3 is 0 Å². The molecule has 3 aliphatic rings. The fourth-order valence-corrected chi connectivity index (χ4v) is 4.49. The second-order valence-electron chi connectivity index (χ2n) is 8.17. The molecular weight excluding hydrogens is 428 g/mol. The Balaban J connectivity index is 1.44. The summed E-state index contributed by atoms with van der Waals surface area (Å²) in [4.78, 5) is 29.8. The summed E-state index contributed by atoms with van der Waals surface area (Å²) in [7, 11) is 0. The highest BCUT2D eigenvalue weighted by atomic mass is 16.6. The van der Waals surface area contributed by atoms with Crippen molar-refractivity contribution in [2.75, 3.05) is 52.6 Å². The molecule has 1 aromatic carbocycles. The first kappa shape index (κ1) is 21.5. The lowest BCUT2D eigenvalue weighted by Gasteiger charge is -2.28. The quantitative estimate of drug-likeness (QED) is 0.403. The lowest BCUT2D eigenvalue weighted by Crippen LogP contribution is -2.38. The number of morpholine rings is 1. The number of fused-ring (bicyclic) bond motifs is 1. The number of hydrogen-bond donors (Lipinski definition) is 1. The van der Waals surface area contributed by atoms with Gasteiger partial charge in [-0.1, -0.05) is 0 Å². The molecule has 0 saturated carbocycles. The van der Waals surface area contributed by atoms with E-state index < -0.39 is 17.7 Å². The third kappa shape index (κ3) is 4.21. The van der Waals surface area contributed by atoms with E-state index in [1.807, 2.05) is 0 Å². The van der Waals surface area contributed by atoms with Crippen molar-refractivity contribution < 1.29 is 33.3 Å². The van der Waals surface area contributed by atoms with Crippen molar-refractivity contribution in [3.8, 4) is 11.5 Å². The van der Waals surface area contributed by atoms with Crippen molar-refractivity contribution in [3.05, 3.63) is 53.5 Å². The number of likely N-dealkylation sites (tertiary alicyclic amines) is 1. The molecule has 0 radical (unpaired) electrons. The smallest absolute Gasteiger partial charge is 0.295 e. The average molecular weight is 454 g/mol. The van der Waals surface area contributed by atoms with Gasteiger partial charge in [-0.25, -0.2) is 0 Å². The molecule has 4 heterocycles. The monoisotopic (exact) mass is 454 g/mol. The van der Waals surface area contributed by atoms with Crippen LogP contribution in [0.5, 0.6) is 11.5 Å². The number of amides is 1. The molecule has 1 aromatic heterocycles. The lowest BCUT2D eigenvalue weighted by molar-refractivity contribution is -0.140. The van der Waals surface area contributed by atoms with Gasteiger partial charge in [-0.2, -0.15) is 0 Å². The molecule has 2 fully saturated rings. The molecule has 9 heteroatoms. The van der Waals surface area contributed by atoms with Gasteiger partial charge in [-0.3, -0.25) is 14.5 Å². The van der Waals surface area contributed by atoms with Crippen LogP contribution in [0.4, 0.5) is 0 Å². The van der Waals surface area contributed by atoms with Crippen LogP contribution in [0.1, 0.15) is 23.8 Å². The van der Waals surface area contributed by atoms with Gasteiger partial charge in [-0.05, 0) is 36.8 Å². The van der Waals surface area contributed by atoms with Gasteiger partial charge in [0, 0.05) is 31.7 Å². The van der Waals surface area contributed by atoms with Crippen molar-refractivity contribution in [3.63, 3.8) is 0 Å². The number of carbonyl (C=O) groups is 2. The summed E-state index contributed by atoms with van der Waals surface area (Å²) in [5, 5.41) is 11.1. The number of hydrogen-bond acceptors (Lipinski definition) is 8. The number of ether oxygens (including phenoxy) is 3. The molecule has 9 nitrogen and oxygen atoms in total. The van der Waals surface area contributed by atoms with E-state index in [1.165, 1.54) is 11.2 Å². The third-order valence-electron chi connectivity index (χ3n) is 6.15. The number of benzene rings is 1. The maximum atomic E-state index is 13.1. The van der Waals surface area contributed by atoms with E-state index in [0.717, 1.165) is 19.6 Å². The van der Waals surface area contributed by atoms with Crippen LogP contribution in [0.2, 0.25) is 0 Å². The Labute approximate surface area is 191 Å². The Morgan fingerprint density at radius 1 is 1.00 bits per heavy atom. The van der Waals surface area contributed by atoms with Gasteiger partial charge in [0.25, 0.3) is 11.7 Å². The summed E-state index contributed by atoms with van der Waals surface area (Å²) in [5.41, 5.74) is 0.389. The Morgan fingerprint density at radius 3 is 2.55 bits per heavy atom. The Bertz CT molecular complexity index is 1060. The second kappa shape index (κ2) is 9.29. The van der Waals surface area contributed by atoms with E-state index in [2.05, 4.69) is 4.90 Å². The maximum absolute atomic E-state index is 13.1. The van der Waals surface area contributed by atoms with Gasteiger partial charge in [-0.15, -0.1) is 0 Å². The van der Waals surface area contributed by atoms with Gasteiger partial charge in [0.1, 0.15) is 30.8 Å². The van der Waals surface area contributed by atoms with Gasteiger partial charge in [0.2, 0.25) is 0 Å². The minimum Gasteiger partial charge on any atom is -0.507 e. The first-order chi connectivity index (χ1) is 16.1. The van der Waals surface area contributed by atoms with Crippen molar-refractivity contribution in [1.29, 1.82) is 0 Å². The molecule has 2 saturated heterocycles. The zero-order chi connectivity index (χ0) is 22.8. The predicted octanol–water partition coefficient (Wildman–Crippen LogP) is 2.19. The number of furan rings is 1. The summed E-state index contributed by atoms with van der Waals surface area (Å²) >= 11 is 0. The first-order valence-corrected chi connectivity index (χ1v) is 11.2. The van der Waals surface area contributed by atoms with Crippen molar-refractivity contribution in [2.24, 2.45) is 0 Å². The van der Waals surface area contributed by atoms with Crippen LogP contribution in [0.25, 0.3) is 5.76 Å². The second-order valence-corrected chi connectivity index (χ2v) is 8.17. The van der Waals surface area contributed by atoms with Crippen LogP contribution >= 0.6 is 0 Å². The van der Waals surface area contributed by atoms with Crippen LogP contribution in [-0.2, 0) is 14.3 Å². The summed E-state index contributed by atoms with van der Waals surface area (Å²) in [6.07, 6.45) is 2.18. The maximum Gasteiger partial charge on any atom is 0.295 e. The predicted molar refractivity (Wildman–Crippen MR) is 117 cm³/mol. The Kier molecular flexibility index (Phi) is 6.06. The molecule has 0 unspecified atom stereocenters. The van der Waals surface area contributed by atoms with E-state index in [9.17, 15) is 14.7 Å². The van der Waals surface area contributed by atoms with Gasteiger partial charge < -0.3 is 28.6 Å². The molecule has 5 rings (SSSR count). The highest BCUT2D eigenvalue weighted by molar-refractivity contribution is 6.46. The van der Waals surface area contributed by atoms with Crippen LogP contribution in [0.3, 0.4) is 0 Å². The standard InChI is InChI=1S/C24H26N2O7/c27-22(16-4-5-17-19(15-16)33-14-13-32-17)20-21(18-3-1-10-31-18)26(24(29)23(20)28)7-2-6-25-8-11-30-12-9-25/h1,3-5,10,15,21,27H,2,6-9,11-14H2/b22-20+/t21-/m1/s1. The fraction of sp³-hybridized carbons (Fsp3) is 0.417. The summed E-state index contributed by atoms with van der Waals surface area (Å²) in [6.45, 7) is 5.11. The van der Waals surface area contributed by atoms with Gasteiger partial charge in [0.05, 0.1) is 25.1 Å². The molecule has 0 spiro atoms. The Hall–Kier alpha value is -3.30. The molecular formula is C24H26N2O7.